The number of hydrogen-bond donors (Lipinski definition) is 2. The average Bonchev–Trinajstić information content (AvgIpc) is 3.08. The molecule has 0 radical (unpaired) electrons. The van der Waals surface area contributed by atoms with E-state index in [4.69, 9.17) is 4.42 Å². The van der Waals surface area contributed by atoms with Crippen LogP contribution in [0.25, 0.3) is 0 Å². The predicted octanol–water partition coefficient (Wildman–Crippen LogP) is 0.581. The van der Waals surface area contributed by atoms with Crippen molar-refractivity contribution in [3.8, 4) is 0 Å². The number of carbonyl (C=O) groups excluding carboxylic acids is 1. The van der Waals surface area contributed by atoms with Crippen molar-refractivity contribution in [3.05, 3.63) is 42.4 Å². The van der Waals surface area contributed by atoms with Crippen LogP contribution in [-0.2, 0) is 11.8 Å². The Balaban J connectivity index is 1.85. The summed E-state index contributed by atoms with van der Waals surface area (Å²) in [6.07, 6.45) is 5.78. The van der Waals surface area contributed by atoms with Crippen molar-refractivity contribution in [3.63, 3.8) is 0 Å². The Morgan fingerprint density at radius 2 is 2.53 bits per heavy atom. The van der Waals surface area contributed by atoms with E-state index in [-0.39, 0.29) is 18.0 Å². The summed E-state index contributed by atoms with van der Waals surface area (Å²) in [7, 11) is 1.94. The van der Waals surface area contributed by atoms with E-state index in [1.165, 1.54) is 0 Å². The predicted molar refractivity (Wildman–Crippen MR) is 68.3 cm³/mol. The zero-order valence-electron chi connectivity index (χ0n) is 10.7. The van der Waals surface area contributed by atoms with Gasteiger partial charge in [0.05, 0.1) is 6.26 Å². The molecule has 0 saturated carbocycles. The topological polar surface area (TPSA) is 72.1 Å². The van der Waals surface area contributed by atoms with E-state index < -0.39 is 0 Å². The fourth-order valence-corrected chi connectivity index (χ4v) is 2.35. The van der Waals surface area contributed by atoms with Gasteiger partial charge in [0.25, 0.3) is 0 Å². The third kappa shape index (κ3) is 2.39. The number of nitrogens with zero attached hydrogens (tertiary/aromatic N) is 2. The minimum absolute atomic E-state index is 0.0792. The van der Waals surface area contributed by atoms with Gasteiger partial charge < -0.3 is 14.3 Å². The summed E-state index contributed by atoms with van der Waals surface area (Å²) in [4.78, 5) is 15.6. The number of amides is 1. The van der Waals surface area contributed by atoms with Crippen LogP contribution in [0.1, 0.15) is 24.0 Å². The molecule has 2 aromatic heterocycles. The lowest BCUT2D eigenvalue weighted by Crippen LogP contribution is -2.36. The first-order chi connectivity index (χ1) is 9.24. The van der Waals surface area contributed by atoms with Crippen LogP contribution < -0.4 is 10.6 Å². The van der Waals surface area contributed by atoms with Crippen LogP contribution in [0, 0.1) is 0 Å². The summed E-state index contributed by atoms with van der Waals surface area (Å²) in [5, 5.41) is 6.25. The number of furan rings is 1. The van der Waals surface area contributed by atoms with E-state index in [9.17, 15) is 4.79 Å². The van der Waals surface area contributed by atoms with Crippen LogP contribution in [0.3, 0.4) is 0 Å². The summed E-state index contributed by atoms with van der Waals surface area (Å²) >= 11 is 0. The zero-order valence-corrected chi connectivity index (χ0v) is 10.7. The Hall–Kier alpha value is -2.08. The van der Waals surface area contributed by atoms with E-state index in [2.05, 4.69) is 15.6 Å². The maximum absolute atomic E-state index is 11.3. The quantitative estimate of drug-likeness (QED) is 0.843. The molecule has 1 aliphatic rings. The molecule has 1 saturated heterocycles. The van der Waals surface area contributed by atoms with E-state index in [0.717, 1.165) is 11.6 Å². The number of hydrogen-bond acceptors (Lipinski definition) is 4. The molecular weight excluding hydrogens is 244 g/mol. The fraction of sp³-hybridized carbons (Fsp3) is 0.385. The molecule has 2 atom stereocenters. The van der Waals surface area contributed by atoms with Crippen molar-refractivity contribution in [1.82, 2.24) is 20.2 Å². The van der Waals surface area contributed by atoms with E-state index in [1.807, 2.05) is 29.9 Å². The second kappa shape index (κ2) is 4.89. The second-order valence-electron chi connectivity index (χ2n) is 4.72. The molecule has 19 heavy (non-hydrogen) atoms. The van der Waals surface area contributed by atoms with Gasteiger partial charge in [0.1, 0.15) is 17.6 Å². The van der Waals surface area contributed by atoms with Crippen LogP contribution in [0.4, 0.5) is 0 Å². The van der Waals surface area contributed by atoms with Gasteiger partial charge in [-0.2, -0.15) is 0 Å². The highest BCUT2D eigenvalue weighted by Gasteiger charge is 2.28. The van der Waals surface area contributed by atoms with Crippen molar-refractivity contribution >= 4 is 5.91 Å². The molecule has 1 aliphatic heterocycles. The summed E-state index contributed by atoms with van der Waals surface area (Å²) in [6.45, 7) is 0.639. The lowest BCUT2D eigenvalue weighted by atomic mass is 10.1. The molecule has 1 fully saturated rings. The molecule has 0 aromatic carbocycles. The van der Waals surface area contributed by atoms with Crippen molar-refractivity contribution in [2.45, 2.75) is 18.5 Å². The highest BCUT2D eigenvalue weighted by atomic mass is 16.3. The van der Waals surface area contributed by atoms with E-state index in [1.54, 1.807) is 12.5 Å². The van der Waals surface area contributed by atoms with Crippen LogP contribution in [-0.4, -0.2) is 28.0 Å². The number of nitrogens with one attached hydrogen (secondary N) is 2. The monoisotopic (exact) mass is 260 g/mol. The van der Waals surface area contributed by atoms with Crippen LogP contribution in [0.15, 0.2) is 35.2 Å². The standard InChI is InChI=1S/C13H16N4O2/c1-17-5-4-14-13(17)12(10-3-2-6-19-10)16-9-7-11(18)15-8-9/h2-6,9,12,16H,7-8H2,1H3,(H,15,18). The maximum Gasteiger partial charge on any atom is 0.221 e. The SMILES string of the molecule is Cn1ccnc1C(NC1CNC(=O)C1)c1ccco1. The number of aromatic nitrogens is 2. The van der Waals surface area contributed by atoms with Gasteiger partial charge in [0.2, 0.25) is 5.91 Å². The van der Waals surface area contributed by atoms with E-state index >= 15 is 0 Å². The van der Waals surface area contributed by atoms with Crippen molar-refractivity contribution in [1.29, 1.82) is 0 Å². The maximum atomic E-state index is 11.3. The molecule has 3 heterocycles. The van der Waals surface area contributed by atoms with Gasteiger partial charge in [-0.1, -0.05) is 0 Å². The van der Waals surface area contributed by atoms with Gasteiger partial charge in [0, 0.05) is 38.4 Å². The summed E-state index contributed by atoms with van der Waals surface area (Å²) < 4.78 is 7.44. The molecule has 2 N–H and O–H groups in total. The van der Waals surface area contributed by atoms with Crippen LogP contribution in [0.2, 0.25) is 0 Å². The van der Waals surface area contributed by atoms with Crippen molar-refractivity contribution in [2.24, 2.45) is 7.05 Å². The lowest BCUT2D eigenvalue weighted by molar-refractivity contribution is -0.119. The molecule has 2 aromatic rings. The largest absolute Gasteiger partial charge is 0.467 e. The highest BCUT2D eigenvalue weighted by Crippen LogP contribution is 2.22. The number of imidazole rings is 1. The molecule has 0 aliphatic carbocycles. The van der Waals surface area contributed by atoms with Crippen LogP contribution in [0.5, 0.6) is 0 Å². The first kappa shape index (κ1) is 12.0. The Bertz CT molecular complexity index is 561. The first-order valence-corrected chi connectivity index (χ1v) is 6.27. The normalized spacial score (nSPS) is 20.5. The molecular formula is C13H16N4O2. The molecule has 6 nitrogen and oxygen atoms in total. The number of rotatable bonds is 4. The molecule has 100 valence electrons. The Morgan fingerprint density at radius 3 is 3.11 bits per heavy atom. The molecule has 0 spiro atoms. The summed E-state index contributed by atoms with van der Waals surface area (Å²) in [5.74, 6) is 1.75. The highest BCUT2D eigenvalue weighted by molar-refractivity contribution is 5.78. The number of carbonyl (C=O) groups is 1. The van der Waals surface area contributed by atoms with Crippen molar-refractivity contribution in [2.75, 3.05) is 6.54 Å². The van der Waals surface area contributed by atoms with Gasteiger partial charge in [-0.15, -0.1) is 0 Å². The third-order valence-electron chi connectivity index (χ3n) is 3.32. The zero-order chi connectivity index (χ0) is 13.2. The van der Waals surface area contributed by atoms with Crippen LogP contribution >= 0.6 is 0 Å². The average molecular weight is 260 g/mol. The molecule has 6 heteroatoms. The second-order valence-corrected chi connectivity index (χ2v) is 4.72. The first-order valence-electron chi connectivity index (χ1n) is 6.27. The molecule has 3 rings (SSSR count). The fourth-order valence-electron chi connectivity index (χ4n) is 2.35. The minimum atomic E-state index is -0.146. The minimum Gasteiger partial charge on any atom is -0.467 e. The van der Waals surface area contributed by atoms with Crippen molar-refractivity contribution < 1.29 is 9.21 Å². The van der Waals surface area contributed by atoms with Gasteiger partial charge in [0.15, 0.2) is 0 Å². The molecule has 1 amide bonds. The summed E-state index contributed by atoms with van der Waals surface area (Å²) in [6, 6.07) is 3.72. The van der Waals surface area contributed by atoms with Gasteiger partial charge in [-0.25, -0.2) is 4.98 Å². The Labute approximate surface area is 110 Å². The molecule has 2 unspecified atom stereocenters. The molecule has 0 bridgehead atoms. The smallest absolute Gasteiger partial charge is 0.221 e. The third-order valence-corrected chi connectivity index (χ3v) is 3.32. The summed E-state index contributed by atoms with van der Waals surface area (Å²) in [5.41, 5.74) is 0. The lowest BCUT2D eigenvalue weighted by Gasteiger charge is -2.20. The van der Waals surface area contributed by atoms with E-state index in [0.29, 0.717) is 13.0 Å². The Morgan fingerprint density at radius 1 is 1.63 bits per heavy atom. The Kier molecular flexibility index (Phi) is 3.08. The van der Waals surface area contributed by atoms with Gasteiger partial charge >= 0.3 is 0 Å². The van der Waals surface area contributed by atoms with Gasteiger partial charge in [-0.05, 0) is 12.1 Å². The van der Waals surface area contributed by atoms with Gasteiger partial charge in [-0.3, -0.25) is 10.1 Å². The number of aryl methyl sites for hydroxylation is 1.